The zero-order valence-electron chi connectivity index (χ0n) is 11.2. The van der Waals surface area contributed by atoms with Crippen LogP contribution in [0, 0.1) is 0 Å². The first-order valence-corrected chi connectivity index (χ1v) is 5.88. The maximum atomic E-state index is 12.7. The normalized spacial score (nSPS) is 12.7. The zero-order chi connectivity index (χ0) is 14.6. The van der Waals surface area contributed by atoms with Crippen molar-refractivity contribution in [3.8, 4) is 0 Å². The van der Waals surface area contributed by atoms with E-state index >= 15 is 0 Å². The van der Waals surface area contributed by atoms with E-state index < -0.39 is 23.8 Å². The Hall–Kier alpha value is -1.28. The van der Waals surface area contributed by atoms with Gasteiger partial charge in [-0.15, -0.1) is 12.4 Å². The van der Waals surface area contributed by atoms with Crippen LogP contribution in [0.25, 0.3) is 0 Å². The number of hydrogen-bond donors (Lipinski definition) is 2. The molecule has 0 spiro atoms. The molecule has 1 atom stereocenters. The van der Waals surface area contributed by atoms with E-state index in [2.05, 4.69) is 10.4 Å². The summed E-state index contributed by atoms with van der Waals surface area (Å²) in [5.41, 5.74) is 4.50. The lowest BCUT2D eigenvalue weighted by molar-refractivity contribution is -0.142. The molecule has 116 valence electrons. The number of aryl methyl sites for hydroxylation is 1. The molecule has 1 aromatic rings. The molecule has 0 saturated carbocycles. The molecule has 0 radical (unpaired) electrons. The third kappa shape index (κ3) is 5.01. The molecule has 20 heavy (non-hydrogen) atoms. The summed E-state index contributed by atoms with van der Waals surface area (Å²) in [6, 6.07) is -0.698. The Morgan fingerprint density at radius 1 is 1.55 bits per heavy atom. The second-order valence-corrected chi connectivity index (χ2v) is 4.29. The summed E-state index contributed by atoms with van der Waals surface area (Å²) < 4.78 is 39.0. The molecule has 1 heterocycles. The first-order chi connectivity index (χ1) is 8.75. The molecule has 1 amide bonds. The van der Waals surface area contributed by atoms with Crippen molar-refractivity contribution in [3.05, 3.63) is 17.5 Å². The van der Waals surface area contributed by atoms with Crippen LogP contribution in [0.15, 0.2) is 6.20 Å². The third-order valence-electron chi connectivity index (χ3n) is 2.56. The Bertz CT molecular complexity index is 447. The minimum atomic E-state index is -4.53. The monoisotopic (exact) mass is 314 g/mol. The van der Waals surface area contributed by atoms with Crippen molar-refractivity contribution in [1.29, 1.82) is 0 Å². The summed E-state index contributed by atoms with van der Waals surface area (Å²) in [6.07, 6.45) is -2.08. The molecule has 1 aromatic heterocycles. The summed E-state index contributed by atoms with van der Waals surface area (Å²) in [7, 11) is 1.39. The summed E-state index contributed by atoms with van der Waals surface area (Å²) in [5.74, 6) is -0.459. The SMILES string of the molecule is CCCC(N)C(=O)NCc1cn(C)nc1C(F)(F)F.Cl. The highest BCUT2D eigenvalue weighted by atomic mass is 35.5. The summed E-state index contributed by atoms with van der Waals surface area (Å²) >= 11 is 0. The van der Waals surface area contributed by atoms with Crippen molar-refractivity contribution >= 4 is 18.3 Å². The second kappa shape index (κ2) is 7.49. The molecule has 3 N–H and O–H groups in total. The molecule has 0 aliphatic heterocycles. The van der Waals surface area contributed by atoms with E-state index in [1.165, 1.54) is 13.2 Å². The van der Waals surface area contributed by atoms with Gasteiger partial charge < -0.3 is 11.1 Å². The van der Waals surface area contributed by atoms with E-state index in [9.17, 15) is 18.0 Å². The van der Waals surface area contributed by atoms with Crippen LogP contribution in [0.5, 0.6) is 0 Å². The Morgan fingerprint density at radius 3 is 2.65 bits per heavy atom. The van der Waals surface area contributed by atoms with Gasteiger partial charge in [-0.3, -0.25) is 9.48 Å². The van der Waals surface area contributed by atoms with Crippen molar-refractivity contribution in [2.75, 3.05) is 0 Å². The first kappa shape index (κ1) is 18.7. The quantitative estimate of drug-likeness (QED) is 0.867. The summed E-state index contributed by atoms with van der Waals surface area (Å²) in [4.78, 5) is 11.5. The fourth-order valence-corrected chi connectivity index (χ4v) is 1.66. The van der Waals surface area contributed by atoms with Gasteiger partial charge in [0.15, 0.2) is 5.69 Å². The standard InChI is InChI=1S/C11H17F3N4O.ClH/c1-3-4-8(15)10(19)16-5-7-6-18(2)17-9(7)11(12,13)14;/h6,8H,3-5,15H2,1-2H3,(H,16,19);1H. The van der Waals surface area contributed by atoms with Gasteiger partial charge in [0.05, 0.1) is 6.04 Å². The van der Waals surface area contributed by atoms with Crippen LogP contribution in [-0.2, 0) is 24.6 Å². The number of carbonyl (C=O) groups excluding carboxylic acids is 1. The number of carbonyl (C=O) groups is 1. The molecule has 0 saturated heterocycles. The lowest BCUT2D eigenvalue weighted by atomic mass is 10.1. The topological polar surface area (TPSA) is 72.9 Å². The van der Waals surface area contributed by atoms with Crippen LogP contribution in [0.4, 0.5) is 13.2 Å². The number of nitrogens with zero attached hydrogens (tertiary/aromatic N) is 2. The largest absolute Gasteiger partial charge is 0.435 e. The molecular weight excluding hydrogens is 297 g/mol. The van der Waals surface area contributed by atoms with Crippen LogP contribution in [-0.4, -0.2) is 21.7 Å². The van der Waals surface area contributed by atoms with Crippen molar-refractivity contribution in [1.82, 2.24) is 15.1 Å². The molecule has 5 nitrogen and oxygen atoms in total. The van der Waals surface area contributed by atoms with Gasteiger partial charge in [0.25, 0.3) is 0 Å². The number of nitrogens with two attached hydrogens (primary N) is 1. The molecule has 1 unspecified atom stereocenters. The molecule has 0 bridgehead atoms. The Kier molecular flexibility index (Phi) is 7.01. The van der Waals surface area contributed by atoms with Gasteiger partial charge in [0, 0.05) is 25.4 Å². The van der Waals surface area contributed by atoms with Gasteiger partial charge in [-0.05, 0) is 6.42 Å². The van der Waals surface area contributed by atoms with Crippen LogP contribution in [0.1, 0.15) is 31.0 Å². The van der Waals surface area contributed by atoms with E-state index in [1.807, 2.05) is 6.92 Å². The zero-order valence-corrected chi connectivity index (χ0v) is 12.0. The maximum absolute atomic E-state index is 12.7. The molecular formula is C11H18ClF3N4O. The maximum Gasteiger partial charge on any atom is 0.435 e. The minimum Gasteiger partial charge on any atom is -0.351 e. The third-order valence-corrected chi connectivity index (χ3v) is 2.56. The molecule has 0 fully saturated rings. The predicted octanol–water partition coefficient (Wildman–Crippen LogP) is 1.60. The van der Waals surface area contributed by atoms with Crippen molar-refractivity contribution in [3.63, 3.8) is 0 Å². The highest BCUT2D eigenvalue weighted by molar-refractivity contribution is 5.85. The second-order valence-electron chi connectivity index (χ2n) is 4.29. The fourth-order valence-electron chi connectivity index (χ4n) is 1.66. The van der Waals surface area contributed by atoms with Crippen molar-refractivity contribution in [2.24, 2.45) is 12.8 Å². The predicted molar refractivity (Wildman–Crippen MR) is 70.2 cm³/mol. The van der Waals surface area contributed by atoms with Crippen LogP contribution < -0.4 is 11.1 Å². The van der Waals surface area contributed by atoms with Crippen LogP contribution in [0.3, 0.4) is 0 Å². The number of halogens is 4. The van der Waals surface area contributed by atoms with E-state index in [0.717, 1.165) is 11.1 Å². The van der Waals surface area contributed by atoms with Crippen molar-refractivity contribution < 1.29 is 18.0 Å². The van der Waals surface area contributed by atoms with Gasteiger partial charge in [0.1, 0.15) is 0 Å². The molecule has 0 aromatic carbocycles. The highest BCUT2D eigenvalue weighted by Gasteiger charge is 2.36. The van der Waals surface area contributed by atoms with Crippen molar-refractivity contribution in [2.45, 2.75) is 38.5 Å². The molecule has 0 aliphatic rings. The number of aromatic nitrogens is 2. The Morgan fingerprint density at radius 2 is 2.15 bits per heavy atom. The smallest absolute Gasteiger partial charge is 0.351 e. The van der Waals surface area contributed by atoms with Gasteiger partial charge >= 0.3 is 6.18 Å². The van der Waals surface area contributed by atoms with E-state index in [4.69, 9.17) is 5.73 Å². The van der Waals surface area contributed by atoms with Gasteiger partial charge in [-0.2, -0.15) is 18.3 Å². The van der Waals surface area contributed by atoms with Gasteiger partial charge in [-0.25, -0.2) is 0 Å². The Labute approximate surface area is 121 Å². The number of alkyl halides is 3. The number of hydrogen-bond acceptors (Lipinski definition) is 3. The average Bonchev–Trinajstić information content (AvgIpc) is 2.67. The molecule has 0 aliphatic carbocycles. The first-order valence-electron chi connectivity index (χ1n) is 5.88. The molecule has 9 heteroatoms. The average molecular weight is 315 g/mol. The fraction of sp³-hybridized carbons (Fsp3) is 0.636. The highest BCUT2D eigenvalue weighted by Crippen LogP contribution is 2.30. The summed E-state index contributed by atoms with van der Waals surface area (Å²) in [6.45, 7) is 1.63. The van der Waals surface area contributed by atoms with Crippen LogP contribution >= 0.6 is 12.4 Å². The number of nitrogens with one attached hydrogen (secondary N) is 1. The summed E-state index contributed by atoms with van der Waals surface area (Å²) in [5, 5.41) is 5.74. The lowest BCUT2D eigenvalue weighted by Gasteiger charge is -2.11. The van der Waals surface area contributed by atoms with Gasteiger partial charge in [0.2, 0.25) is 5.91 Å². The van der Waals surface area contributed by atoms with E-state index in [-0.39, 0.29) is 24.5 Å². The van der Waals surface area contributed by atoms with Crippen LogP contribution in [0.2, 0.25) is 0 Å². The van der Waals surface area contributed by atoms with Gasteiger partial charge in [-0.1, -0.05) is 13.3 Å². The minimum absolute atomic E-state index is 0. The lowest BCUT2D eigenvalue weighted by Crippen LogP contribution is -2.40. The number of amides is 1. The Balaban J connectivity index is 0.00000361. The number of rotatable bonds is 5. The molecule has 1 rings (SSSR count). The van der Waals surface area contributed by atoms with E-state index in [1.54, 1.807) is 0 Å². The van der Waals surface area contributed by atoms with E-state index in [0.29, 0.717) is 6.42 Å².